The average molecular weight is 301 g/mol. The first kappa shape index (κ1) is 13.6. The highest BCUT2D eigenvalue weighted by molar-refractivity contribution is 6.32. The van der Waals surface area contributed by atoms with Crippen LogP contribution in [0.1, 0.15) is 16.2 Å². The molecule has 6 heteroatoms. The number of fused-ring (bicyclic) bond motifs is 1. The minimum atomic E-state index is -0.264. The van der Waals surface area contributed by atoms with E-state index in [2.05, 4.69) is 15.3 Å². The predicted molar refractivity (Wildman–Crippen MR) is 81.1 cm³/mol. The van der Waals surface area contributed by atoms with Crippen molar-refractivity contribution in [2.45, 2.75) is 6.54 Å². The smallest absolute Gasteiger partial charge is 0.254 e. The summed E-state index contributed by atoms with van der Waals surface area (Å²) in [6, 6.07) is 11.1. The van der Waals surface area contributed by atoms with Gasteiger partial charge in [-0.15, -0.1) is 0 Å². The first-order valence-corrected chi connectivity index (χ1v) is 6.83. The molecule has 0 atom stereocenters. The molecule has 3 rings (SSSR count). The molecule has 1 N–H and O–H groups in total. The number of carbonyl (C=O) groups excluding carboxylic acids is 1. The number of nitrogens with one attached hydrogen (secondary N) is 1. The maximum atomic E-state index is 12.1. The normalized spacial score (nSPS) is 10.8. The van der Waals surface area contributed by atoms with E-state index >= 15 is 0 Å². The third-order valence-corrected chi connectivity index (χ3v) is 3.59. The summed E-state index contributed by atoms with van der Waals surface area (Å²) in [5, 5.41) is 3.01. The topological polar surface area (TPSA) is 59.8 Å². The van der Waals surface area contributed by atoms with Crippen molar-refractivity contribution in [2.24, 2.45) is 7.05 Å². The molecule has 0 fully saturated rings. The van der Waals surface area contributed by atoms with Gasteiger partial charge in [0, 0.05) is 13.2 Å². The van der Waals surface area contributed by atoms with E-state index in [0.29, 0.717) is 12.1 Å². The second-order valence-corrected chi connectivity index (χ2v) is 4.96. The van der Waals surface area contributed by atoms with Gasteiger partial charge in [0.15, 0.2) is 0 Å². The van der Waals surface area contributed by atoms with Crippen molar-refractivity contribution in [1.29, 1.82) is 0 Å². The molecule has 3 aromatic rings. The van der Waals surface area contributed by atoms with Gasteiger partial charge in [0.25, 0.3) is 5.91 Å². The monoisotopic (exact) mass is 300 g/mol. The molecule has 106 valence electrons. The highest BCUT2D eigenvalue weighted by Crippen LogP contribution is 2.15. The Balaban J connectivity index is 1.79. The van der Waals surface area contributed by atoms with Gasteiger partial charge in [-0.3, -0.25) is 4.79 Å². The number of para-hydroxylation sites is 2. The van der Waals surface area contributed by atoms with Crippen molar-refractivity contribution in [3.63, 3.8) is 0 Å². The van der Waals surface area contributed by atoms with Crippen LogP contribution in [0.15, 0.2) is 42.6 Å². The van der Waals surface area contributed by atoms with Crippen molar-refractivity contribution in [3.05, 3.63) is 59.1 Å². The maximum Gasteiger partial charge on any atom is 0.254 e. The number of hydrogen-bond acceptors (Lipinski definition) is 3. The molecule has 0 unspecified atom stereocenters. The number of carbonyl (C=O) groups is 1. The van der Waals surface area contributed by atoms with Gasteiger partial charge in [0.1, 0.15) is 11.0 Å². The highest BCUT2D eigenvalue weighted by Gasteiger charge is 2.12. The van der Waals surface area contributed by atoms with Crippen molar-refractivity contribution >= 4 is 28.5 Å². The fourth-order valence-electron chi connectivity index (χ4n) is 2.16. The van der Waals surface area contributed by atoms with Gasteiger partial charge < -0.3 is 9.88 Å². The number of halogens is 1. The summed E-state index contributed by atoms with van der Waals surface area (Å²) in [5.41, 5.74) is 2.29. The second kappa shape index (κ2) is 5.54. The van der Waals surface area contributed by atoms with E-state index < -0.39 is 0 Å². The molecule has 0 aliphatic heterocycles. The van der Waals surface area contributed by atoms with E-state index in [4.69, 9.17) is 11.6 Å². The van der Waals surface area contributed by atoms with Crippen LogP contribution in [0.25, 0.3) is 11.0 Å². The Hall–Kier alpha value is -2.40. The van der Waals surface area contributed by atoms with Crippen LogP contribution in [-0.4, -0.2) is 20.4 Å². The fraction of sp³-hybridized carbons (Fsp3) is 0.133. The van der Waals surface area contributed by atoms with Crippen LogP contribution < -0.4 is 5.32 Å². The summed E-state index contributed by atoms with van der Waals surface area (Å²) in [4.78, 5) is 20.5. The van der Waals surface area contributed by atoms with Crippen LogP contribution in [0.2, 0.25) is 5.15 Å². The zero-order valence-electron chi connectivity index (χ0n) is 11.4. The second-order valence-electron chi connectivity index (χ2n) is 4.60. The predicted octanol–water partition coefficient (Wildman–Crippen LogP) is 2.55. The summed E-state index contributed by atoms with van der Waals surface area (Å²) in [7, 11) is 1.92. The standard InChI is InChI=1S/C15H13ClN4O/c1-20-12-7-3-2-6-11(12)19-13(20)9-18-15(21)10-5-4-8-17-14(10)16/h2-8H,9H2,1H3,(H,18,21). The number of aromatic nitrogens is 3. The van der Waals surface area contributed by atoms with Crippen LogP contribution in [0.4, 0.5) is 0 Å². The molecule has 2 aromatic heterocycles. The molecule has 5 nitrogen and oxygen atoms in total. The Bertz CT molecular complexity index is 812. The van der Waals surface area contributed by atoms with Crippen molar-refractivity contribution < 1.29 is 4.79 Å². The largest absolute Gasteiger partial charge is 0.345 e. The number of amides is 1. The quantitative estimate of drug-likeness (QED) is 0.756. The molecule has 2 heterocycles. The summed E-state index contributed by atoms with van der Waals surface area (Å²) in [6.07, 6.45) is 1.55. The number of hydrogen-bond donors (Lipinski definition) is 1. The maximum absolute atomic E-state index is 12.1. The number of aryl methyl sites for hydroxylation is 1. The van der Waals surface area contributed by atoms with Crippen LogP contribution in [0.5, 0.6) is 0 Å². The molecule has 0 saturated heterocycles. The van der Waals surface area contributed by atoms with Crippen LogP contribution in [0.3, 0.4) is 0 Å². The van der Waals surface area contributed by atoms with E-state index in [9.17, 15) is 4.79 Å². The Morgan fingerprint density at radius 3 is 2.86 bits per heavy atom. The van der Waals surface area contributed by atoms with Gasteiger partial charge in [-0.05, 0) is 24.3 Å². The van der Waals surface area contributed by atoms with E-state index in [0.717, 1.165) is 16.9 Å². The Morgan fingerprint density at radius 2 is 2.10 bits per heavy atom. The van der Waals surface area contributed by atoms with Gasteiger partial charge >= 0.3 is 0 Å². The van der Waals surface area contributed by atoms with E-state index in [-0.39, 0.29) is 11.1 Å². The molecule has 0 aliphatic rings. The first-order valence-electron chi connectivity index (χ1n) is 6.46. The van der Waals surface area contributed by atoms with Gasteiger partial charge in [-0.1, -0.05) is 23.7 Å². The summed E-state index contributed by atoms with van der Waals surface area (Å²) < 4.78 is 1.96. The van der Waals surface area contributed by atoms with E-state index in [1.165, 1.54) is 0 Å². The van der Waals surface area contributed by atoms with Crippen LogP contribution >= 0.6 is 11.6 Å². The fourth-order valence-corrected chi connectivity index (χ4v) is 2.37. The molecule has 0 spiro atoms. The van der Waals surface area contributed by atoms with Crippen LogP contribution in [0, 0.1) is 0 Å². The van der Waals surface area contributed by atoms with Crippen molar-refractivity contribution in [3.8, 4) is 0 Å². The third-order valence-electron chi connectivity index (χ3n) is 3.29. The average Bonchev–Trinajstić information content (AvgIpc) is 2.82. The Labute approximate surface area is 126 Å². The molecular formula is C15H13ClN4O. The molecule has 0 radical (unpaired) electrons. The number of pyridine rings is 1. The summed E-state index contributed by atoms with van der Waals surface area (Å²) in [5.74, 6) is 0.518. The van der Waals surface area contributed by atoms with Gasteiger partial charge in [0.05, 0.1) is 23.1 Å². The summed E-state index contributed by atoms with van der Waals surface area (Å²) in [6.45, 7) is 0.329. The Kier molecular flexibility index (Phi) is 3.58. The molecule has 0 saturated carbocycles. The van der Waals surface area contributed by atoms with E-state index in [1.54, 1.807) is 18.3 Å². The first-order chi connectivity index (χ1) is 10.2. The van der Waals surface area contributed by atoms with Crippen molar-refractivity contribution in [1.82, 2.24) is 19.9 Å². The lowest BCUT2D eigenvalue weighted by Gasteiger charge is -2.06. The zero-order valence-corrected chi connectivity index (χ0v) is 12.1. The van der Waals surface area contributed by atoms with Gasteiger partial charge in [-0.25, -0.2) is 9.97 Å². The highest BCUT2D eigenvalue weighted by atomic mass is 35.5. The number of rotatable bonds is 3. The van der Waals surface area contributed by atoms with Crippen LogP contribution in [-0.2, 0) is 13.6 Å². The SMILES string of the molecule is Cn1c(CNC(=O)c2cccnc2Cl)nc2ccccc21. The van der Waals surface area contributed by atoms with E-state index in [1.807, 2.05) is 35.9 Å². The number of imidazole rings is 1. The lowest BCUT2D eigenvalue weighted by Crippen LogP contribution is -2.24. The van der Waals surface area contributed by atoms with Gasteiger partial charge in [0.2, 0.25) is 0 Å². The molecule has 21 heavy (non-hydrogen) atoms. The molecule has 1 aromatic carbocycles. The lowest BCUT2D eigenvalue weighted by atomic mass is 10.2. The molecule has 1 amide bonds. The Morgan fingerprint density at radius 1 is 1.29 bits per heavy atom. The summed E-state index contributed by atoms with van der Waals surface area (Å²) >= 11 is 5.90. The lowest BCUT2D eigenvalue weighted by molar-refractivity contribution is 0.0949. The molecule has 0 bridgehead atoms. The minimum absolute atomic E-state index is 0.194. The van der Waals surface area contributed by atoms with Crippen molar-refractivity contribution in [2.75, 3.05) is 0 Å². The van der Waals surface area contributed by atoms with Gasteiger partial charge in [-0.2, -0.15) is 0 Å². The number of nitrogens with zero attached hydrogens (tertiary/aromatic N) is 3. The minimum Gasteiger partial charge on any atom is -0.345 e. The third kappa shape index (κ3) is 2.60. The number of benzene rings is 1. The molecule has 0 aliphatic carbocycles. The molecular weight excluding hydrogens is 288 g/mol. The zero-order chi connectivity index (χ0) is 14.8.